The van der Waals surface area contributed by atoms with Crippen molar-refractivity contribution in [1.29, 1.82) is 0 Å². The molecule has 1 N–H and O–H groups in total. The van der Waals surface area contributed by atoms with Gasteiger partial charge in [-0.25, -0.2) is 0 Å². The molecule has 0 amide bonds. The zero-order valence-electron chi connectivity index (χ0n) is 19.2. The first-order valence-electron chi connectivity index (χ1n) is 11.5. The third kappa shape index (κ3) is 5.57. The molecule has 1 unspecified atom stereocenters. The number of benzene rings is 3. The summed E-state index contributed by atoms with van der Waals surface area (Å²) in [7, 11) is 0. The number of hydrogen-bond acceptors (Lipinski definition) is 4. The minimum absolute atomic E-state index is 0.261. The molecule has 1 fully saturated rings. The minimum Gasteiger partial charge on any atom is -0.490 e. The first-order chi connectivity index (χ1) is 15.6. The molecule has 1 aliphatic rings. The van der Waals surface area contributed by atoms with Crippen molar-refractivity contribution in [3.63, 3.8) is 0 Å². The van der Waals surface area contributed by atoms with Crippen LogP contribution in [0.4, 0.5) is 0 Å². The zero-order chi connectivity index (χ0) is 22.3. The number of aliphatic hydroxyl groups excluding tert-OH is 1. The smallest absolute Gasteiger partial charge is 0.125 e. The minimum atomic E-state index is -0.500. The highest BCUT2D eigenvalue weighted by Crippen LogP contribution is 2.29. The molecule has 168 valence electrons. The van der Waals surface area contributed by atoms with Gasteiger partial charge in [0.25, 0.3) is 0 Å². The summed E-state index contributed by atoms with van der Waals surface area (Å²) in [6.45, 7) is 8.88. The van der Waals surface area contributed by atoms with Gasteiger partial charge < -0.3 is 9.84 Å². The van der Waals surface area contributed by atoms with Gasteiger partial charge in [-0.2, -0.15) is 0 Å². The van der Waals surface area contributed by atoms with Crippen molar-refractivity contribution < 1.29 is 9.84 Å². The van der Waals surface area contributed by atoms with Crippen LogP contribution in [0.2, 0.25) is 0 Å². The van der Waals surface area contributed by atoms with Crippen molar-refractivity contribution in [3.8, 4) is 5.75 Å². The topological polar surface area (TPSA) is 35.9 Å². The average molecular weight is 431 g/mol. The lowest BCUT2D eigenvalue weighted by molar-refractivity contribution is 0.0398. The number of ether oxygens (including phenoxy) is 1. The number of hydrogen-bond donors (Lipinski definition) is 1. The lowest BCUT2D eigenvalue weighted by Crippen LogP contribution is -2.50. The van der Waals surface area contributed by atoms with Crippen LogP contribution in [-0.4, -0.2) is 60.3 Å². The Bertz CT molecular complexity index is 909. The van der Waals surface area contributed by atoms with Crippen molar-refractivity contribution in [2.45, 2.75) is 26.0 Å². The van der Waals surface area contributed by atoms with Crippen molar-refractivity contribution in [2.24, 2.45) is 0 Å². The molecule has 1 saturated heterocycles. The highest BCUT2D eigenvalue weighted by molar-refractivity contribution is 5.39. The van der Waals surface area contributed by atoms with Gasteiger partial charge in [0.05, 0.1) is 6.04 Å². The number of aryl methyl sites for hydroxylation is 2. The third-order valence-electron chi connectivity index (χ3n) is 6.30. The summed E-state index contributed by atoms with van der Waals surface area (Å²) < 4.78 is 5.96. The lowest BCUT2D eigenvalue weighted by atomic mass is 9.96. The van der Waals surface area contributed by atoms with Crippen LogP contribution in [0.3, 0.4) is 0 Å². The molecule has 3 aromatic rings. The molecule has 4 heteroatoms. The molecule has 1 aliphatic heterocycles. The van der Waals surface area contributed by atoms with Crippen LogP contribution in [0, 0.1) is 13.8 Å². The van der Waals surface area contributed by atoms with Gasteiger partial charge >= 0.3 is 0 Å². The van der Waals surface area contributed by atoms with E-state index in [1.54, 1.807) is 0 Å². The molecule has 0 saturated carbocycles. The van der Waals surface area contributed by atoms with E-state index in [9.17, 15) is 5.11 Å². The van der Waals surface area contributed by atoms with Crippen LogP contribution in [0.5, 0.6) is 5.75 Å². The van der Waals surface area contributed by atoms with E-state index in [0.29, 0.717) is 13.2 Å². The monoisotopic (exact) mass is 430 g/mol. The van der Waals surface area contributed by atoms with E-state index in [0.717, 1.165) is 43.1 Å². The van der Waals surface area contributed by atoms with E-state index in [-0.39, 0.29) is 6.04 Å². The second-order valence-corrected chi connectivity index (χ2v) is 8.75. The normalized spacial score (nSPS) is 16.2. The molecule has 0 aliphatic carbocycles. The van der Waals surface area contributed by atoms with Crippen LogP contribution in [-0.2, 0) is 0 Å². The number of aliphatic hydroxyl groups is 1. The summed E-state index contributed by atoms with van der Waals surface area (Å²) in [4.78, 5) is 4.91. The summed E-state index contributed by atoms with van der Waals surface area (Å²) >= 11 is 0. The van der Waals surface area contributed by atoms with Gasteiger partial charge in [-0.05, 0) is 36.1 Å². The maximum atomic E-state index is 10.6. The number of β-amino-alcohol motifs (C(OH)–C–C–N with tert-alkyl or cyclic N) is 1. The summed E-state index contributed by atoms with van der Waals surface area (Å²) in [6.07, 6.45) is -0.500. The highest BCUT2D eigenvalue weighted by atomic mass is 16.5. The number of para-hydroxylation sites is 1. The summed E-state index contributed by atoms with van der Waals surface area (Å²) in [5, 5.41) is 10.6. The van der Waals surface area contributed by atoms with E-state index >= 15 is 0 Å². The third-order valence-corrected chi connectivity index (χ3v) is 6.30. The molecule has 1 heterocycles. The van der Waals surface area contributed by atoms with Crippen LogP contribution in [0.1, 0.15) is 28.3 Å². The van der Waals surface area contributed by atoms with E-state index in [1.165, 1.54) is 11.1 Å². The Balaban J connectivity index is 1.33. The standard InChI is InChI=1S/C28H34N2O2/c1-22-10-9-11-23(2)28(22)32-21-26(31)20-29-16-18-30(19-17-29)27(24-12-5-3-6-13-24)25-14-7-4-8-15-25/h3-15,26-27,31H,16-21H2,1-2H3. The Kier molecular flexibility index (Phi) is 7.59. The summed E-state index contributed by atoms with van der Waals surface area (Å²) in [5.74, 6) is 0.893. The fourth-order valence-electron chi connectivity index (χ4n) is 4.65. The Morgan fingerprint density at radius 3 is 1.81 bits per heavy atom. The molecule has 0 bridgehead atoms. The maximum Gasteiger partial charge on any atom is 0.125 e. The van der Waals surface area contributed by atoms with Gasteiger partial charge in [-0.1, -0.05) is 78.9 Å². The quantitative estimate of drug-likeness (QED) is 0.573. The Morgan fingerprint density at radius 2 is 1.28 bits per heavy atom. The van der Waals surface area contributed by atoms with Crippen molar-refractivity contribution in [1.82, 2.24) is 9.80 Å². The molecular weight excluding hydrogens is 396 g/mol. The van der Waals surface area contributed by atoms with Gasteiger partial charge in [-0.3, -0.25) is 9.80 Å². The SMILES string of the molecule is Cc1cccc(C)c1OCC(O)CN1CCN(C(c2ccccc2)c2ccccc2)CC1. The molecule has 4 rings (SSSR count). The fraction of sp³-hybridized carbons (Fsp3) is 0.357. The van der Waals surface area contributed by atoms with E-state index in [2.05, 4.69) is 70.5 Å². The van der Waals surface area contributed by atoms with Crippen LogP contribution >= 0.6 is 0 Å². The molecule has 0 radical (unpaired) electrons. The molecule has 3 aromatic carbocycles. The van der Waals surface area contributed by atoms with Gasteiger partial charge in [-0.15, -0.1) is 0 Å². The second-order valence-electron chi connectivity index (χ2n) is 8.75. The molecule has 32 heavy (non-hydrogen) atoms. The maximum absolute atomic E-state index is 10.6. The van der Waals surface area contributed by atoms with Gasteiger partial charge in [0.15, 0.2) is 0 Å². The van der Waals surface area contributed by atoms with Crippen LogP contribution in [0.25, 0.3) is 0 Å². The van der Waals surface area contributed by atoms with Crippen LogP contribution in [0.15, 0.2) is 78.9 Å². The lowest BCUT2D eigenvalue weighted by Gasteiger charge is -2.40. The Morgan fingerprint density at radius 1 is 0.750 bits per heavy atom. The first-order valence-corrected chi connectivity index (χ1v) is 11.5. The second kappa shape index (κ2) is 10.8. The first kappa shape index (κ1) is 22.5. The summed E-state index contributed by atoms with van der Waals surface area (Å²) in [5.41, 5.74) is 4.88. The molecular formula is C28H34N2O2. The van der Waals surface area contributed by atoms with E-state index < -0.39 is 6.10 Å². The van der Waals surface area contributed by atoms with Gasteiger partial charge in [0.1, 0.15) is 18.5 Å². The largest absolute Gasteiger partial charge is 0.490 e. The van der Waals surface area contributed by atoms with Gasteiger partial charge in [0, 0.05) is 32.7 Å². The Hall–Kier alpha value is -2.66. The fourth-order valence-corrected chi connectivity index (χ4v) is 4.65. The molecule has 0 aromatic heterocycles. The number of nitrogens with zero attached hydrogens (tertiary/aromatic N) is 2. The van der Waals surface area contributed by atoms with Crippen molar-refractivity contribution in [2.75, 3.05) is 39.3 Å². The van der Waals surface area contributed by atoms with Crippen molar-refractivity contribution >= 4 is 0 Å². The molecule has 4 nitrogen and oxygen atoms in total. The predicted molar refractivity (Wildman–Crippen MR) is 130 cm³/mol. The average Bonchev–Trinajstić information content (AvgIpc) is 2.81. The Labute approximate surface area is 192 Å². The number of rotatable bonds is 8. The molecule has 0 spiro atoms. The summed E-state index contributed by atoms with van der Waals surface area (Å²) in [6, 6.07) is 27.9. The highest BCUT2D eigenvalue weighted by Gasteiger charge is 2.27. The predicted octanol–water partition coefficient (Wildman–Crippen LogP) is 4.45. The van der Waals surface area contributed by atoms with Crippen LogP contribution < -0.4 is 4.74 Å². The van der Waals surface area contributed by atoms with E-state index in [1.807, 2.05) is 32.0 Å². The van der Waals surface area contributed by atoms with E-state index in [4.69, 9.17) is 4.74 Å². The zero-order valence-corrected chi connectivity index (χ0v) is 19.2. The molecule has 1 atom stereocenters. The number of piperazine rings is 1. The van der Waals surface area contributed by atoms with Gasteiger partial charge in [0.2, 0.25) is 0 Å². The van der Waals surface area contributed by atoms with Crippen molar-refractivity contribution in [3.05, 3.63) is 101 Å².